The van der Waals surface area contributed by atoms with E-state index in [2.05, 4.69) is 26.0 Å². The molecule has 3 heteroatoms. The summed E-state index contributed by atoms with van der Waals surface area (Å²) in [6.07, 6.45) is 0. The van der Waals surface area contributed by atoms with Gasteiger partial charge in [-0.25, -0.2) is 0 Å². The number of carboxylic acid groups (broad SMARTS) is 1. The van der Waals surface area contributed by atoms with Gasteiger partial charge >= 0.3 is 0 Å². The summed E-state index contributed by atoms with van der Waals surface area (Å²) in [5.74, 6) is 0.590. The predicted octanol–water partition coefficient (Wildman–Crippen LogP) is 3.27. The standard InChI is InChI=1S/C17H18O3/c1-11(2)15-9-4-12(3)10-16(15)20-14-7-5-13(6-8-14)17(18)19/h4-11H,1-3H3,(H,18,19)/p-1. The predicted molar refractivity (Wildman–Crippen MR) is 76.1 cm³/mol. The van der Waals surface area contributed by atoms with Crippen LogP contribution < -0.4 is 9.84 Å². The van der Waals surface area contributed by atoms with E-state index in [1.165, 1.54) is 12.1 Å². The first-order valence-corrected chi connectivity index (χ1v) is 6.57. The Morgan fingerprint density at radius 1 is 1.10 bits per heavy atom. The third kappa shape index (κ3) is 3.18. The highest BCUT2D eigenvalue weighted by Crippen LogP contribution is 2.31. The van der Waals surface area contributed by atoms with Gasteiger partial charge in [0.1, 0.15) is 11.5 Å². The molecule has 0 heterocycles. The Hall–Kier alpha value is -2.29. The van der Waals surface area contributed by atoms with E-state index in [1.54, 1.807) is 12.1 Å². The molecule has 104 valence electrons. The van der Waals surface area contributed by atoms with Crippen molar-refractivity contribution >= 4 is 5.97 Å². The molecule has 0 N–H and O–H groups in total. The zero-order valence-corrected chi connectivity index (χ0v) is 11.8. The Bertz CT molecular complexity index is 613. The van der Waals surface area contributed by atoms with Gasteiger partial charge in [-0.1, -0.05) is 26.0 Å². The van der Waals surface area contributed by atoms with Crippen LogP contribution in [-0.2, 0) is 0 Å². The summed E-state index contributed by atoms with van der Waals surface area (Å²) in [5, 5.41) is 10.7. The van der Waals surface area contributed by atoms with Crippen LogP contribution in [-0.4, -0.2) is 5.97 Å². The first-order valence-electron chi connectivity index (χ1n) is 6.57. The Labute approximate surface area is 118 Å². The van der Waals surface area contributed by atoms with Crippen LogP contribution in [0.5, 0.6) is 11.5 Å². The van der Waals surface area contributed by atoms with E-state index in [9.17, 15) is 9.90 Å². The minimum Gasteiger partial charge on any atom is -0.545 e. The van der Waals surface area contributed by atoms with Crippen LogP contribution in [0.15, 0.2) is 42.5 Å². The summed E-state index contributed by atoms with van der Waals surface area (Å²) in [4.78, 5) is 10.7. The first kappa shape index (κ1) is 14.1. The van der Waals surface area contributed by atoms with E-state index in [1.807, 2.05) is 13.0 Å². The van der Waals surface area contributed by atoms with Crippen LogP contribution >= 0.6 is 0 Å². The second kappa shape index (κ2) is 5.78. The highest BCUT2D eigenvalue weighted by atomic mass is 16.5. The fourth-order valence-electron chi connectivity index (χ4n) is 1.99. The van der Waals surface area contributed by atoms with Crippen molar-refractivity contribution in [3.05, 3.63) is 59.2 Å². The van der Waals surface area contributed by atoms with E-state index in [4.69, 9.17) is 4.74 Å². The maximum atomic E-state index is 10.7. The Morgan fingerprint density at radius 2 is 1.75 bits per heavy atom. The maximum Gasteiger partial charge on any atom is 0.131 e. The Kier molecular flexibility index (Phi) is 4.08. The Morgan fingerprint density at radius 3 is 2.30 bits per heavy atom. The van der Waals surface area contributed by atoms with E-state index in [0.717, 1.165) is 16.9 Å². The van der Waals surface area contributed by atoms with Crippen molar-refractivity contribution in [1.82, 2.24) is 0 Å². The molecule has 0 unspecified atom stereocenters. The normalized spacial score (nSPS) is 10.6. The smallest absolute Gasteiger partial charge is 0.131 e. The van der Waals surface area contributed by atoms with Gasteiger partial charge in [0, 0.05) is 0 Å². The molecule has 20 heavy (non-hydrogen) atoms. The molecule has 0 aliphatic carbocycles. The van der Waals surface area contributed by atoms with Crippen molar-refractivity contribution in [3.63, 3.8) is 0 Å². The molecule has 0 aliphatic heterocycles. The number of rotatable bonds is 4. The fourth-order valence-corrected chi connectivity index (χ4v) is 1.99. The van der Waals surface area contributed by atoms with Gasteiger partial charge in [0.2, 0.25) is 0 Å². The quantitative estimate of drug-likeness (QED) is 0.855. The number of aromatic carboxylic acids is 1. The fraction of sp³-hybridized carbons (Fsp3) is 0.235. The Balaban J connectivity index is 2.29. The van der Waals surface area contributed by atoms with Crippen molar-refractivity contribution in [2.45, 2.75) is 26.7 Å². The summed E-state index contributed by atoms with van der Waals surface area (Å²) in [7, 11) is 0. The van der Waals surface area contributed by atoms with E-state index < -0.39 is 5.97 Å². The zero-order valence-electron chi connectivity index (χ0n) is 11.8. The SMILES string of the molecule is Cc1ccc(C(C)C)c(Oc2ccc(C(=O)[O-])cc2)c1. The molecular formula is C17H17O3-. The number of benzene rings is 2. The molecule has 0 spiro atoms. The molecule has 0 radical (unpaired) electrons. The van der Waals surface area contributed by atoms with Crippen molar-refractivity contribution in [2.24, 2.45) is 0 Å². The van der Waals surface area contributed by atoms with Gasteiger partial charge in [0.25, 0.3) is 0 Å². The number of carbonyl (C=O) groups excluding carboxylic acids is 1. The molecule has 0 aromatic heterocycles. The van der Waals surface area contributed by atoms with Gasteiger partial charge in [-0.15, -0.1) is 0 Å². The number of ether oxygens (including phenoxy) is 1. The molecular weight excluding hydrogens is 252 g/mol. The summed E-state index contributed by atoms with van der Waals surface area (Å²) < 4.78 is 5.87. The summed E-state index contributed by atoms with van der Waals surface area (Å²) in [6, 6.07) is 12.3. The number of hydrogen-bond donors (Lipinski definition) is 0. The highest BCUT2D eigenvalue weighted by Gasteiger charge is 2.09. The molecule has 0 atom stereocenters. The van der Waals surface area contributed by atoms with Crippen molar-refractivity contribution in [2.75, 3.05) is 0 Å². The minimum absolute atomic E-state index is 0.144. The third-order valence-corrected chi connectivity index (χ3v) is 3.11. The lowest BCUT2D eigenvalue weighted by atomic mass is 10.0. The first-order chi connectivity index (χ1) is 9.47. The van der Waals surface area contributed by atoms with E-state index in [0.29, 0.717) is 11.7 Å². The molecule has 0 amide bonds. The zero-order chi connectivity index (χ0) is 14.7. The average Bonchev–Trinajstić information content (AvgIpc) is 2.39. The third-order valence-electron chi connectivity index (χ3n) is 3.11. The molecule has 3 nitrogen and oxygen atoms in total. The summed E-state index contributed by atoms with van der Waals surface area (Å²) in [5.41, 5.74) is 2.39. The van der Waals surface area contributed by atoms with Gasteiger partial charge in [0.05, 0.1) is 5.97 Å². The summed E-state index contributed by atoms with van der Waals surface area (Å²) >= 11 is 0. The molecule has 2 aromatic carbocycles. The van der Waals surface area contributed by atoms with E-state index in [-0.39, 0.29) is 5.56 Å². The van der Waals surface area contributed by atoms with Gasteiger partial charge in [-0.2, -0.15) is 0 Å². The van der Waals surface area contributed by atoms with Gasteiger partial charge in [-0.3, -0.25) is 0 Å². The van der Waals surface area contributed by atoms with Gasteiger partial charge in [-0.05, 0) is 59.9 Å². The second-order valence-electron chi connectivity index (χ2n) is 5.11. The van der Waals surface area contributed by atoms with Crippen LogP contribution in [0.3, 0.4) is 0 Å². The van der Waals surface area contributed by atoms with Crippen LogP contribution in [0.2, 0.25) is 0 Å². The second-order valence-corrected chi connectivity index (χ2v) is 5.11. The van der Waals surface area contributed by atoms with Crippen molar-refractivity contribution < 1.29 is 14.6 Å². The molecule has 0 aliphatic rings. The van der Waals surface area contributed by atoms with Gasteiger partial charge in [0.15, 0.2) is 0 Å². The maximum absolute atomic E-state index is 10.7. The van der Waals surface area contributed by atoms with Crippen molar-refractivity contribution in [3.8, 4) is 11.5 Å². The molecule has 0 saturated heterocycles. The largest absolute Gasteiger partial charge is 0.545 e. The lowest BCUT2D eigenvalue weighted by Gasteiger charge is -2.15. The average molecular weight is 269 g/mol. The number of carboxylic acids is 1. The van der Waals surface area contributed by atoms with Crippen LogP contribution in [0.4, 0.5) is 0 Å². The number of aryl methyl sites for hydroxylation is 1. The topological polar surface area (TPSA) is 49.4 Å². The number of carbonyl (C=O) groups is 1. The molecule has 2 rings (SSSR count). The monoisotopic (exact) mass is 269 g/mol. The summed E-state index contributed by atoms with van der Waals surface area (Å²) in [6.45, 7) is 6.23. The minimum atomic E-state index is -1.19. The molecule has 2 aromatic rings. The van der Waals surface area contributed by atoms with Crippen LogP contribution in [0, 0.1) is 6.92 Å². The highest BCUT2D eigenvalue weighted by molar-refractivity contribution is 5.85. The molecule has 0 fully saturated rings. The number of hydrogen-bond acceptors (Lipinski definition) is 3. The van der Waals surface area contributed by atoms with Crippen LogP contribution in [0.25, 0.3) is 0 Å². The van der Waals surface area contributed by atoms with Gasteiger partial charge < -0.3 is 14.6 Å². The van der Waals surface area contributed by atoms with E-state index >= 15 is 0 Å². The van der Waals surface area contributed by atoms with Crippen molar-refractivity contribution in [1.29, 1.82) is 0 Å². The molecule has 0 bridgehead atoms. The molecule has 0 saturated carbocycles. The lowest BCUT2D eigenvalue weighted by Crippen LogP contribution is -2.21. The lowest BCUT2D eigenvalue weighted by molar-refractivity contribution is -0.255. The van der Waals surface area contributed by atoms with Crippen LogP contribution in [0.1, 0.15) is 41.3 Å².